The van der Waals surface area contributed by atoms with E-state index < -0.39 is 0 Å². The Labute approximate surface area is 154 Å². The maximum atomic E-state index is 2.38. The molecule has 2 heteroatoms. The van der Waals surface area contributed by atoms with Gasteiger partial charge in [-0.3, -0.25) is 0 Å². The number of halogens is 1. The molecule has 0 aromatic heterocycles. The van der Waals surface area contributed by atoms with Crippen LogP contribution in [0.2, 0.25) is 0 Å². The van der Waals surface area contributed by atoms with Crippen LogP contribution in [0.4, 0.5) is 0 Å². The summed E-state index contributed by atoms with van der Waals surface area (Å²) in [5.41, 5.74) is 0. The van der Waals surface area contributed by atoms with Gasteiger partial charge < -0.3 is 16.9 Å². The smallest absolute Gasteiger partial charge is 0.0782 e. The summed E-state index contributed by atoms with van der Waals surface area (Å²) in [4.78, 5) is 0. The van der Waals surface area contributed by atoms with Crippen molar-refractivity contribution in [2.24, 2.45) is 0 Å². The van der Waals surface area contributed by atoms with E-state index in [1.54, 1.807) is 0 Å². The van der Waals surface area contributed by atoms with Gasteiger partial charge in [-0.25, -0.2) is 0 Å². The van der Waals surface area contributed by atoms with Crippen LogP contribution in [-0.4, -0.2) is 31.7 Å². The first-order valence-corrected chi connectivity index (χ1v) is 10.4. The molecule has 0 amide bonds. The summed E-state index contributed by atoms with van der Waals surface area (Å²) in [7, 11) is 4.76. The number of hydrogen-bond acceptors (Lipinski definition) is 0. The molecule has 0 aromatic rings. The van der Waals surface area contributed by atoms with E-state index >= 15 is 0 Å². The zero-order valence-electron chi connectivity index (χ0n) is 16.8. The lowest BCUT2D eigenvalue weighted by atomic mass is 10.0. The molecule has 0 saturated carbocycles. The first kappa shape index (κ1) is 25.5. The molecule has 0 unspecified atom stereocenters. The minimum absolute atomic E-state index is 0. The minimum Gasteiger partial charge on any atom is -1.00 e. The van der Waals surface area contributed by atoms with Crippen molar-refractivity contribution in [3.8, 4) is 0 Å². The van der Waals surface area contributed by atoms with Crippen LogP contribution in [0.15, 0.2) is 0 Å². The second-order valence-electron chi connectivity index (χ2n) is 7.98. The van der Waals surface area contributed by atoms with Gasteiger partial charge in [0.05, 0.1) is 27.2 Å². The summed E-state index contributed by atoms with van der Waals surface area (Å²) in [6.45, 7) is 7.29. The summed E-state index contributed by atoms with van der Waals surface area (Å²) in [6, 6.07) is 0. The SMILES string of the molecule is CCCCCCCCCCCCCCCC[N+](C)(C)CCC.[Cl-]. The number of hydrogen-bond donors (Lipinski definition) is 0. The van der Waals surface area contributed by atoms with Crippen LogP contribution in [-0.2, 0) is 0 Å². The molecule has 1 nitrogen and oxygen atoms in total. The fraction of sp³-hybridized carbons (Fsp3) is 1.00. The Hall–Kier alpha value is 0.250. The average molecular weight is 348 g/mol. The molecule has 142 valence electrons. The zero-order chi connectivity index (χ0) is 16.5. The van der Waals surface area contributed by atoms with Crippen molar-refractivity contribution >= 4 is 0 Å². The van der Waals surface area contributed by atoms with E-state index in [1.807, 2.05) is 0 Å². The van der Waals surface area contributed by atoms with Crippen molar-refractivity contribution < 1.29 is 16.9 Å². The van der Waals surface area contributed by atoms with Gasteiger partial charge in [0.2, 0.25) is 0 Å². The van der Waals surface area contributed by atoms with Crippen molar-refractivity contribution in [2.75, 3.05) is 27.2 Å². The molecule has 0 heterocycles. The molecular weight excluding hydrogens is 302 g/mol. The van der Waals surface area contributed by atoms with Gasteiger partial charge in [0.1, 0.15) is 0 Å². The Kier molecular flexibility index (Phi) is 20.6. The lowest BCUT2D eigenvalue weighted by Gasteiger charge is -2.29. The average Bonchev–Trinajstić information content (AvgIpc) is 2.47. The Bertz CT molecular complexity index is 216. The van der Waals surface area contributed by atoms with Gasteiger partial charge in [0.25, 0.3) is 0 Å². The number of rotatable bonds is 17. The Morgan fingerprint density at radius 2 is 0.783 bits per heavy atom. The molecule has 0 fully saturated rings. The van der Waals surface area contributed by atoms with Crippen molar-refractivity contribution in [3.05, 3.63) is 0 Å². The molecule has 0 atom stereocenters. The largest absolute Gasteiger partial charge is 1.00 e. The van der Waals surface area contributed by atoms with E-state index in [1.165, 1.54) is 114 Å². The Morgan fingerprint density at radius 3 is 1.13 bits per heavy atom. The third-order valence-electron chi connectivity index (χ3n) is 4.95. The summed E-state index contributed by atoms with van der Waals surface area (Å²) >= 11 is 0. The van der Waals surface area contributed by atoms with Crippen LogP contribution in [0, 0.1) is 0 Å². The topological polar surface area (TPSA) is 0 Å². The van der Waals surface area contributed by atoms with Crippen LogP contribution >= 0.6 is 0 Å². The highest BCUT2D eigenvalue weighted by Crippen LogP contribution is 2.13. The van der Waals surface area contributed by atoms with Gasteiger partial charge in [0.15, 0.2) is 0 Å². The molecule has 0 aromatic carbocycles. The second-order valence-corrected chi connectivity index (χ2v) is 7.98. The lowest BCUT2D eigenvalue weighted by molar-refractivity contribution is -0.890. The maximum Gasteiger partial charge on any atom is 0.0782 e. The van der Waals surface area contributed by atoms with Crippen LogP contribution in [0.5, 0.6) is 0 Å². The van der Waals surface area contributed by atoms with Gasteiger partial charge in [0, 0.05) is 0 Å². The Morgan fingerprint density at radius 1 is 0.435 bits per heavy atom. The van der Waals surface area contributed by atoms with E-state index in [0.717, 1.165) is 0 Å². The number of nitrogens with zero attached hydrogens (tertiary/aromatic N) is 1. The van der Waals surface area contributed by atoms with Crippen molar-refractivity contribution in [2.45, 2.75) is 110 Å². The van der Waals surface area contributed by atoms with Gasteiger partial charge in [-0.2, -0.15) is 0 Å². The zero-order valence-corrected chi connectivity index (χ0v) is 17.6. The fourth-order valence-electron chi connectivity index (χ4n) is 3.45. The van der Waals surface area contributed by atoms with Gasteiger partial charge in [-0.05, 0) is 19.3 Å². The molecule has 0 saturated heterocycles. The molecule has 0 aliphatic heterocycles. The molecule has 0 bridgehead atoms. The van der Waals surface area contributed by atoms with Crippen LogP contribution in [0.25, 0.3) is 0 Å². The highest BCUT2D eigenvalue weighted by molar-refractivity contribution is 4.49. The predicted octanol–water partition coefficient (Wildman–Crippen LogP) is 3.96. The van der Waals surface area contributed by atoms with Crippen LogP contribution in [0.3, 0.4) is 0 Å². The summed E-state index contributed by atoms with van der Waals surface area (Å²) in [5.74, 6) is 0. The summed E-state index contributed by atoms with van der Waals surface area (Å²) in [5, 5.41) is 0. The summed E-state index contributed by atoms with van der Waals surface area (Å²) in [6.07, 6.45) is 21.7. The predicted molar refractivity (Wildman–Crippen MR) is 102 cm³/mol. The van der Waals surface area contributed by atoms with E-state index in [-0.39, 0.29) is 12.4 Å². The van der Waals surface area contributed by atoms with Gasteiger partial charge in [-0.1, -0.05) is 90.9 Å². The van der Waals surface area contributed by atoms with Crippen molar-refractivity contribution in [3.63, 3.8) is 0 Å². The standard InChI is InChI=1S/C21H46N.ClH/c1-5-7-8-9-10-11-12-13-14-15-16-17-18-19-21-22(3,4)20-6-2;/h5-21H2,1-4H3;1H/q+1;/p-1. The summed E-state index contributed by atoms with van der Waals surface area (Å²) < 4.78 is 1.22. The Balaban J connectivity index is 0. The highest BCUT2D eigenvalue weighted by Gasteiger charge is 2.11. The van der Waals surface area contributed by atoms with Crippen molar-refractivity contribution in [1.82, 2.24) is 0 Å². The van der Waals surface area contributed by atoms with Gasteiger partial charge in [-0.15, -0.1) is 0 Å². The molecule has 0 spiro atoms. The van der Waals surface area contributed by atoms with Crippen LogP contribution < -0.4 is 12.4 Å². The monoisotopic (exact) mass is 347 g/mol. The third-order valence-corrected chi connectivity index (χ3v) is 4.95. The molecule has 0 rings (SSSR count). The molecule has 0 radical (unpaired) electrons. The third kappa shape index (κ3) is 20.2. The minimum atomic E-state index is 0. The normalized spacial score (nSPS) is 11.5. The lowest BCUT2D eigenvalue weighted by Crippen LogP contribution is -3.00. The van der Waals surface area contributed by atoms with E-state index in [9.17, 15) is 0 Å². The highest BCUT2D eigenvalue weighted by atomic mass is 35.5. The fourth-order valence-corrected chi connectivity index (χ4v) is 3.45. The van der Waals surface area contributed by atoms with E-state index in [0.29, 0.717) is 0 Å². The molecule has 0 N–H and O–H groups in total. The van der Waals surface area contributed by atoms with Gasteiger partial charge >= 0.3 is 0 Å². The number of quaternary nitrogens is 1. The molecule has 0 aliphatic carbocycles. The first-order chi connectivity index (χ1) is 10.6. The van der Waals surface area contributed by atoms with E-state index in [4.69, 9.17) is 0 Å². The van der Waals surface area contributed by atoms with E-state index in [2.05, 4.69) is 27.9 Å². The maximum absolute atomic E-state index is 2.38. The van der Waals surface area contributed by atoms with Crippen LogP contribution in [0.1, 0.15) is 110 Å². The first-order valence-electron chi connectivity index (χ1n) is 10.4. The van der Waals surface area contributed by atoms with Crippen molar-refractivity contribution in [1.29, 1.82) is 0 Å². The molecular formula is C21H46ClN. The number of unbranched alkanes of at least 4 members (excludes halogenated alkanes) is 13. The molecule has 0 aliphatic rings. The molecule has 23 heavy (non-hydrogen) atoms. The second kappa shape index (κ2) is 18.6. The quantitative estimate of drug-likeness (QED) is 0.276.